The number of nitrogens with one attached hydrogen (secondary N) is 1. The molecule has 0 aromatic heterocycles. The fraction of sp³-hybridized carbons (Fsp3) is 0.194. The van der Waals surface area contributed by atoms with E-state index in [-0.39, 0.29) is 5.69 Å². The van der Waals surface area contributed by atoms with Crippen LogP contribution >= 0.6 is 0 Å². The summed E-state index contributed by atoms with van der Waals surface area (Å²) in [6.07, 6.45) is 2.25. The highest BCUT2D eigenvalue weighted by atomic mass is 19.2. The van der Waals surface area contributed by atoms with Crippen molar-refractivity contribution in [1.82, 2.24) is 0 Å². The molecule has 0 bridgehead atoms. The van der Waals surface area contributed by atoms with Gasteiger partial charge in [-0.1, -0.05) is 18.2 Å². The number of hydrogen-bond donors (Lipinski definition) is 1. The number of benzene rings is 4. The second kappa shape index (κ2) is 8.53. The van der Waals surface area contributed by atoms with Crippen LogP contribution in [0.5, 0.6) is 11.5 Å². The van der Waals surface area contributed by atoms with E-state index in [2.05, 4.69) is 10.2 Å². The van der Waals surface area contributed by atoms with E-state index in [4.69, 9.17) is 9.47 Å². The number of halogens is 3. The molecule has 4 aromatic rings. The molecule has 8 heteroatoms. The predicted octanol–water partition coefficient (Wildman–Crippen LogP) is 7.32. The molecule has 0 saturated carbocycles. The molecule has 4 aromatic carbocycles. The molecule has 1 spiro atoms. The van der Waals surface area contributed by atoms with E-state index < -0.39 is 34.6 Å². The average Bonchev–Trinajstić information content (AvgIpc) is 3.59. The van der Waals surface area contributed by atoms with E-state index in [1.54, 1.807) is 30.3 Å². The number of hydrogen-bond acceptors (Lipinski definition) is 5. The summed E-state index contributed by atoms with van der Waals surface area (Å²) in [5.41, 5.74) is 1.58. The van der Waals surface area contributed by atoms with Crippen molar-refractivity contribution in [2.75, 3.05) is 23.3 Å². The topological polar surface area (TPSA) is 50.8 Å². The van der Waals surface area contributed by atoms with Crippen LogP contribution in [0.1, 0.15) is 45.5 Å². The van der Waals surface area contributed by atoms with Crippen LogP contribution in [0.4, 0.5) is 30.2 Å². The fourth-order valence-electron chi connectivity index (χ4n) is 5.84. The maximum absolute atomic E-state index is 14.7. The number of esters is 1. The van der Waals surface area contributed by atoms with E-state index >= 15 is 0 Å². The Kier molecular flexibility index (Phi) is 5.17. The van der Waals surface area contributed by atoms with E-state index in [9.17, 15) is 18.0 Å². The zero-order valence-corrected chi connectivity index (χ0v) is 21.0. The summed E-state index contributed by atoms with van der Waals surface area (Å²) in [6.45, 7) is 3.10. The Labute approximate surface area is 222 Å². The molecule has 5 nitrogen and oxygen atoms in total. The maximum atomic E-state index is 14.7. The molecule has 3 aliphatic heterocycles. The van der Waals surface area contributed by atoms with Gasteiger partial charge in [0.1, 0.15) is 17.3 Å². The molecule has 3 aliphatic rings. The number of rotatable bonds is 3. The van der Waals surface area contributed by atoms with Crippen LogP contribution in [0.15, 0.2) is 66.7 Å². The van der Waals surface area contributed by atoms with Crippen LogP contribution in [0.25, 0.3) is 0 Å². The normalized spacial score (nSPS) is 18.9. The summed E-state index contributed by atoms with van der Waals surface area (Å²) in [7, 11) is 0. The second-order valence-electron chi connectivity index (χ2n) is 10.1. The number of anilines is 3. The van der Waals surface area contributed by atoms with E-state index in [0.29, 0.717) is 39.4 Å². The van der Waals surface area contributed by atoms with Crippen molar-refractivity contribution < 1.29 is 27.4 Å². The van der Waals surface area contributed by atoms with Crippen molar-refractivity contribution >= 4 is 23.0 Å². The highest BCUT2D eigenvalue weighted by Crippen LogP contribution is 2.57. The fourth-order valence-corrected chi connectivity index (χ4v) is 5.84. The first kappa shape index (κ1) is 23.6. The van der Waals surface area contributed by atoms with Crippen molar-refractivity contribution in [2.45, 2.75) is 25.4 Å². The maximum Gasteiger partial charge on any atom is 0.340 e. The highest BCUT2D eigenvalue weighted by Gasteiger charge is 2.53. The molecular formula is C31H23F3N2O3. The standard InChI is InChI=1S/C31H23F3N2O3/c1-17-24(32)16-25(29(34)28(17)33)35-18-8-11-26-23(14-18)31(21-7-3-2-6-20(21)30(37)39-31)22-10-9-19(15-27(22)38-26)36-12-4-5-13-36/h2-3,6-11,14-16,35H,4-5,12-13H2,1H3. The van der Waals surface area contributed by atoms with Crippen LogP contribution < -0.4 is 15.0 Å². The first-order valence-corrected chi connectivity index (χ1v) is 12.8. The average molecular weight is 529 g/mol. The summed E-state index contributed by atoms with van der Waals surface area (Å²) in [5, 5.41) is 2.79. The Morgan fingerprint density at radius 3 is 2.46 bits per heavy atom. The lowest BCUT2D eigenvalue weighted by atomic mass is 9.77. The SMILES string of the molecule is Cc1c(F)cc(Nc2ccc3c(c2)C2(OC(=O)c4ccccc42)c2ccc(N4CCCC4)cc2O3)c(F)c1F. The van der Waals surface area contributed by atoms with Crippen molar-refractivity contribution in [2.24, 2.45) is 0 Å². The first-order valence-electron chi connectivity index (χ1n) is 12.8. The summed E-state index contributed by atoms with van der Waals surface area (Å²) in [4.78, 5) is 15.4. The predicted molar refractivity (Wildman–Crippen MR) is 140 cm³/mol. The minimum Gasteiger partial charge on any atom is -0.456 e. The minimum atomic E-state index is -1.32. The first-order chi connectivity index (χ1) is 18.9. The smallest absolute Gasteiger partial charge is 0.340 e. The van der Waals surface area contributed by atoms with Crippen LogP contribution in [0.3, 0.4) is 0 Å². The van der Waals surface area contributed by atoms with Crippen molar-refractivity contribution in [3.05, 3.63) is 112 Å². The molecule has 3 heterocycles. The minimum absolute atomic E-state index is 0.343. The van der Waals surface area contributed by atoms with Crippen molar-refractivity contribution in [1.29, 1.82) is 0 Å². The molecule has 1 N–H and O–H groups in total. The summed E-state index contributed by atoms with van der Waals surface area (Å²) < 4.78 is 55.7. The number of nitrogens with zero attached hydrogens (tertiary/aromatic N) is 1. The molecule has 1 fully saturated rings. The Hall–Kier alpha value is -4.46. The Balaban J connectivity index is 1.40. The molecule has 0 amide bonds. The van der Waals surface area contributed by atoms with Crippen LogP contribution in [0, 0.1) is 24.4 Å². The van der Waals surface area contributed by atoms with Crippen molar-refractivity contribution in [3.8, 4) is 11.5 Å². The molecule has 7 rings (SSSR count). The lowest BCUT2D eigenvalue weighted by Crippen LogP contribution is -2.33. The van der Waals surface area contributed by atoms with Gasteiger partial charge < -0.3 is 19.7 Å². The molecule has 1 unspecified atom stereocenters. The molecule has 196 valence electrons. The van der Waals surface area contributed by atoms with Crippen LogP contribution in [0.2, 0.25) is 0 Å². The lowest BCUT2D eigenvalue weighted by molar-refractivity contribution is 0.0224. The summed E-state index contributed by atoms with van der Waals surface area (Å²) >= 11 is 0. The number of fused-ring (bicyclic) bond motifs is 6. The number of carbonyl (C=O) groups is 1. The van der Waals surface area contributed by atoms with E-state index in [1.165, 1.54) is 6.92 Å². The Morgan fingerprint density at radius 1 is 0.846 bits per heavy atom. The third-order valence-electron chi connectivity index (χ3n) is 7.83. The monoisotopic (exact) mass is 528 g/mol. The zero-order chi connectivity index (χ0) is 26.9. The van der Waals surface area contributed by atoms with Gasteiger partial charge in [-0.2, -0.15) is 0 Å². The van der Waals surface area contributed by atoms with Gasteiger partial charge in [0.25, 0.3) is 0 Å². The molecule has 1 atom stereocenters. The van der Waals surface area contributed by atoms with Gasteiger partial charge >= 0.3 is 5.97 Å². The van der Waals surface area contributed by atoms with Gasteiger partial charge in [0.2, 0.25) is 0 Å². The van der Waals surface area contributed by atoms with Crippen molar-refractivity contribution in [3.63, 3.8) is 0 Å². The third kappa shape index (κ3) is 3.44. The van der Waals surface area contributed by atoms with Gasteiger partial charge in [-0.05, 0) is 56.2 Å². The Morgan fingerprint density at radius 2 is 1.64 bits per heavy atom. The van der Waals surface area contributed by atoms with Gasteiger partial charge in [-0.15, -0.1) is 0 Å². The Bertz CT molecular complexity index is 1680. The number of ether oxygens (including phenoxy) is 2. The molecule has 0 radical (unpaired) electrons. The van der Waals surface area contributed by atoms with Gasteiger partial charge in [0, 0.05) is 58.9 Å². The molecule has 1 saturated heterocycles. The van der Waals surface area contributed by atoms with E-state index in [1.807, 2.05) is 30.3 Å². The van der Waals surface area contributed by atoms with Gasteiger partial charge in [0.05, 0.1) is 11.3 Å². The second-order valence-corrected chi connectivity index (χ2v) is 10.1. The summed E-state index contributed by atoms with van der Waals surface area (Å²) in [5.74, 6) is -2.74. The molecule has 39 heavy (non-hydrogen) atoms. The molecular weight excluding hydrogens is 505 g/mol. The zero-order valence-electron chi connectivity index (χ0n) is 21.0. The van der Waals surface area contributed by atoms with Gasteiger partial charge in [0.15, 0.2) is 17.2 Å². The summed E-state index contributed by atoms with van der Waals surface area (Å²) in [6, 6.07) is 19.0. The van der Waals surface area contributed by atoms with Crippen LogP contribution in [-0.4, -0.2) is 19.1 Å². The largest absolute Gasteiger partial charge is 0.456 e. The van der Waals surface area contributed by atoms with Crippen LogP contribution in [-0.2, 0) is 10.3 Å². The van der Waals surface area contributed by atoms with Gasteiger partial charge in [-0.3, -0.25) is 0 Å². The quantitative estimate of drug-likeness (QED) is 0.223. The number of carbonyl (C=O) groups excluding carboxylic acids is 1. The third-order valence-corrected chi connectivity index (χ3v) is 7.83. The highest BCUT2D eigenvalue weighted by molar-refractivity contribution is 5.97. The molecule has 0 aliphatic carbocycles. The van der Waals surface area contributed by atoms with Gasteiger partial charge in [-0.25, -0.2) is 18.0 Å². The lowest BCUT2D eigenvalue weighted by Gasteiger charge is -2.37. The van der Waals surface area contributed by atoms with E-state index in [0.717, 1.165) is 37.7 Å².